The number of imidazole rings is 1. The van der Waals surface area contributed by atoms with Crippen LogP contribution in [0.1, 0.15) is 23.8 Å². The van der Waals surface area contributed by atoms with Gasteiger partial charge in [0.2, 0.25) is 5.60 Å². The van der Waals surface area contributed by atoms with E-state index < -0.39 is 35.9 Å². The van der Waals surface area contributed by atoms with Crippen LogP contribution in [0.4, 0.5) is 10.2 Å². The molecule has 1 aliphatic rings. The number of ether oxygens (including phenoxy) is 3. The van der Waals surface area contributed by atoms with Gasteiger partial charge in [0.15, 0.2) is 17.0 Å². The maximum Gasteiger partial charge on any atom is 0.312 e. The maximum absolute atomic E-state index is 14.0. The van der Waals surface area contributed by atoms with Crippen molar-refractivity contribution in [2.24, 2.45) is 0 Å². The third kappa shape index (κ3) is 5.56. The average Bonchev–Trinajstić information content (AvgIpc) is 3.50. The van der Waals surface area contributed by atoms with Crippen LogP contribution in [0.3, 0.4) is 0 Å². The quantitative estimate of drug-likeness (QED) is 0.208. The minimum atomic E-state index is -1.63. The van der Waals surface area contributed by atoms with E-state index in [4.69, 9.17) is 26.4 Å². The highest BCUT2D eigenvalue weighted by atomic mass is 19.1. The largest absolute Gasteiger partial charge is 0.461 e. The van der Waals surface area contributed by atoms with Gasteiger partial charge in [-0.3, -0.25) is 14.2 Å². The van der Waals surface area contributed by atoms with Gasteiger partial charge in [-0.25, -0.2) is 4.98 Å². The molecule has 3 atom stereocenters. The number of carbonyl (C=O) groups excluding carboxylic acids is 2. The van der Waals surface area contributed by atoms with Crippen molar-refractivity contribution in [2.75, 3.05) is 12.3 Å². The molecular weight excluding hydrogens is 505 g/mol. The highest BCUT2D eigenvalue weighted by Gasteiger charge is 2.52. The van der Waals surface area contributed by atoms with Gasteiger partial charge in [0, 0.05) is 6.42 Å². The third-order valence-corrected chi connectivity index (χ3v) is 6.36. The fraction of sp³-hybridized carbons (Fsp3) is 0.250. The highest BCUT2D eigenvalue weighted by molar-refractivity contribution is 5.81. The van der Waals surface area contributed by atoms with E-state index in [1.165, 1.54) is 10.9 Å². The minimum absolute atomic E-state index is 0.000567. The summed E-state index contributed by atoms with van der Waals surface area (Å²) in [6.45, 7) is -0.382. The number of benzene rings is 2. The van der Waals surface area contributed by atoms with Crippen LogP contribution in [0.5, 0.6) is 0 Å². The first-order valence-electron chi connectivity index (χ1n) is 12.1. The van der Waals surface area contributed by atoms with Crippen LogP contribution >= 0.6 is 0 Å². The lowest BCUT2D eigenvalue weighted by molar-refractivity contribution is -0.166. The molecule has 0 saturated carbocycles. The number of aromatic nitrogens is 4. The molecule has 2 N–H and O–H groups in total. The minimum Gasteiger partial charge on any atom is -0.461 e. The summed E-state index contributed by atoms with van der Waals surface area (Å²) in [6.07, 6.45) is 4.41. The zero-order valence-corrected chi connectivity index (χ0v) is 20.7. The Hall–Kier alpha value is -4.82. The number of anilines is 1. The number of nitrogens with two attached hydrogens (primary N) is 1. The van der Waals surface area contributed by atoms with Crippen molar-refractivity contribution in [3.05, 3.63) is 84.2 Å². The topological polar surface area (TPSA) is 131 Å². The van der Waals surface area contributed by atoms with Crippen LogP contribution in [0.25, 0.3) is 11.2 Å². The lowest BCUT2D eigenvalue weighted by atomic mass is 9.98. The van der Waals surface area contributed by atoms with E-state index in [1.54, 1.807) is 24.3 Å². The van der Waals surface area contributed by atoms with Gasteiger partial charge in [0.25, 0.3) is 0 Å². The van der Waals surface area contributed by atoms with E-state index in [2.05, 4.69) is 20.9 Å². The molecule has 3 heterocycles. The number of nitrogens with zero attached hydrogens (tertiary/aromatic N) is 4. The molecule has 1 saturated heterocycles. The summed E-state index contributed by atoms with van der Waals surface area (Å²) in [7, 11) is 0. The number of hydrogen-bond acceptors (Lipinski definition) is 9. The van der Waals surface area contributed by atoms with Gasteiger partial charge < -0.3 is 19.9 Å². The smallest absolute Gasteiger partial charge is 0.312 e. The number of terminal acetylenes is 1. The standard InChI is InChI=1S/C28H24FN5O5/c1-2-28(16-37-22(35)13-18-9-5-3-6-10-18)20(38-23(36)14-19-11-7-4-8-12-19)15-21(39-28)34-17-31-24-25(30)32-27(29)33-26(24)34/h1,3-12,17,20-21H,13-16H2,(H2,30,32,33). The Bertz CT molecular complexity index is 1540. The Kier molecular flexibility index (Phi) is 7.21. The van der Waals surface area contributed by atoms with Crippen LogP contribution in [0.2, 0.25) is 0 Å². The van der Waals surface area contributed by atoms with Crippen LogP contribution in [0, 0.1) is 18.4 Å². The summed E-state index contributed by atoms with van der Waals surface area (Å²) in [5, 5.41) is 0. The zero-order chi connectivity index (χ0) is 27.4. The molecule has 5 rings (SSSR count). The van der Waals surface area contributed by atoms with Crippen molar-refractivity contribution >= 4 is 28.9 Å². The summed E-state index contributed by atoms with van der Waals surface area (Å²) in [5.74, 6) is 1.32. The number of carbonyl (C=O) groups is 2. The SMILES string of the molecule is C#CC1(COC(=O)Cc2ccccc2)OC(n2cnc3c(N)nc(F)nc32)CC1OC(=O)Cc1ccccc1. The third-order valence-electron chi connectivity index (χ3n) is 6.36. The van der Waals surface area contributed by atoms with Gasteiger partial charge in [-0.2, -0.15) is 14.4 Å². The van der Waals surface area contributed by atoms with Crippen molar-refractivity contribution < 1.29 is 28.2 Å². The molecule has 0 aliphatic carbocycles. The Morgan fingerprint density at radius 2 is 1.72 bits per heavy atom. The normalized spacial score (nSPS) is 20.4. The molecule has 10 nitrogen and oxygen atoms in total. The molecule has 2 aromatic heterocycles. The first kappa shape index (κ1) is 25.8. The maximum atomic E-state index is 14.0. The van der Waals surface area contributed by atoms with Gasteiger partial charge in [0.05, 0.1) is 19.2 Å². The van der Waals surface area contributed by atoms with Gasteiger partial charge in [-0.05, 0) is 11.1 Å². The second kappa shape index (κ2) is 10.9. The molecule has 0 spiro atoms. The van der Waals surface area contributed by atoms with Gasteiger partial charge in [-0.1, -0.05) is 66.6 Å². The van der Waals surface area contributed by atoms with Crippen molar-refractivity contribution in [1.29, 1.82) is 0 Å². The molecule has 1 fully saturated rings. The summed E-state index contributed by atoms with van der Waals surface area (Å²) in [6, 6.07) is 18.1. The zero-order valence-electron chi connectivity index (χ0n) is 20.7. The molecular formula is C28H24FN5O5. The number of rotatable bonds is 8. The predicted octanol–water partition coefficient (Wildman–Crippen LogP) is 2.78. The molecule has 0 bridgehead atoms. The molecule has 0 radical (unpaired) electrons. The molecule has 11 heteroatoms. The summed E-state index contributed by atoms with van der Waals surface area (Å²) < 4.78 is 32.9. The van der Waals surface area contributed by atoms with Crippen LogP contribution < -0.4 is 5.73 Å². The Morgan fingerprint density at radius 3 is 2.36 bits per heavy atom. The Labute approximate surface area is 222 Å². The molecule has 1 aliphatic heterocycles. The first-order valence-corrected chi connectivity index (χ1v) is 12.1. The van der Waals surface area contributed by atoms with E-state index >= 15 is 0 Å². The molecule has 0 amide bonds. The predicted molar refractivity (Wildman–Crippen MR) is 137 cm³/mol. The number of nitrogen functional groups attached to an aromatic ring is 1. The lowest BCUT2D eigenvalue weighted by Gasteiger charge is -2.28. The monoisotopic (exact) mass is 529 g/mol. The van der Waals surface area contributed by atoms with Gasteiger partial charge >= 0.3 is 18.0 Å². The molecule has 3 unspecified atom stereocenters. The van der Waals surface area contributed by atoms with Crippen molar-refractivity contribution in [3.63, 3.8) is 0 Å². The first-order chi connectivity index (χ1) is 18.9. The van der Waals surface area contributed by atoms with E-state index in [0.717, 1.165) is 11.1 Å². The van der Waals surface area contributed by atoms with E-state index in [0.29, 0.717) is 0 Å². The summed E-state index contributed by atoms with van der Waals surface area (Å²) in [4.78, 5) is 36.9. The van der Waals surface area contributed by atoms with Crippen LogP contribution in [0.15, 0.2) is 67.0 Å². The van der Waals surface area contributed by atoms with Crippen LogP contribution in [-0.4, -0.2) is 49.8 Å². The summed E-state index contributed by atoms with van der Waals surface area (Å²) >= 11 is 0. The number of fused-ring (bicyclic) bond motifs is 1. The Morgan fingerprint density at radius 1 is 1.08 bits per heavy atom. The van der Waals surface area contributed by atoms with Gasteiger partial charge in [0.1, 0.15) is 18.9 Å². The number of hydrogen-bond donors (Lipinski definition) is 1. The molecule has 198 valence electrons. The highest BCUT2D eigenvalue weighted by Crippen LogP contribution is 2.40. The molecule has 4 aromatic rings. The fourth-order valence-electron chi connectivity index (χ4n) is 4.44. The average molecular weight is 530 g/mol. The summed E-state index contributed by atoms with van der Waals surface area (Å²) in [5.41, 5.74) is 5.93. The fourth-order valence-corrected chi connectivity index (χ4v) is 4.44. The number of halogens is 1. The second-order valence-corrected chi connectivity index (χ2v) is 9.01. The lowest BCUT2D eigenvalue weighted by Crippen LogP contribution is -2.45. The van der Waals surface area contributed by atoms with E-state index in [1.807, 2.05) is 36.4 Å². The van der Waals surface area contributed by atoms with Crippen molar-refractivity contribution in [1.82, 2.24) is 19.5 Å². The molecule has 2 aromatic carbocycles. The van der Waals surface area contributed by atoms with Crippen LogP contribution in [-0.2, 0) is 36.6 Å². The number of esters is 2. The van der Waals surface area contributed by atoms with E-state index in [9.17, 15) is 14.0 Å². The molecule has 39 heavy (non-hydrogen) atoms. The van der Waals surface area contributed by atoms with E-state index in [-0.39, 0.29) is 42.9 Å². The Balaban J connectivity index is 1.40. The van der Waals surface area contributed by atoms with Crippen molar-refractivity contribution in [3.8, 4) is 12.3 Å². The van der Waals surface area contributed by atoms with Gasteiger partial charge in [-0.15, -0.1) is 6.42 Å². The second-order valence-electron chi connectivity index (χ2n) is 9.01. The van der Waals surface area contributed by atoms with Crippen molar-refractivity contribution in [2.45, 2.75) is 37.2 Å².